The molecule has 0 saturated heterocycles. The summed E-state index contributed by atoms with van der Waals surface area (Å²) in [5.74, 6) is -0.125. The van der Waals surface area contributed by atoms with Crippen LogP contribution in [0.25, 0.3) is 0 Å². The van der Waals surface area contributed by atoms with E-state index in [4.69, 9.17) is 0 Å². The molecule has 0 heterocycles. The van der Waals surface area contributed by atoms with Crippen LogP contribution in [0.15, 0.2) is 0 Å². The van der Waals surface area contributed by atoms with Crippen LogP contribution in [0.2, 0.25) is 0 Å². The summed E-state index contributed by atoms with van der Waals surface area (Å²) in [6.45, 7) is 2.81. The number of rotatable bonds is 2. The zero-order valence-electron chi connectivity index (χ0n) is 4.84. The summed E-state index contributed by atoms with van der Waals surface area (Å²) < 4.78 is 0. The number of hydrogen-bond acceptors (Lipinski definition) is 2. The molecule has 0 unspecified atom stereocenters. The van der Waals surface area contributed by atoms with Crippen LogP contribution in [-0.2, 0) is 30.7 Å². The van der Waals surface area contributed by atoms with Crippen LogP contribution >= 0.6 is 0 Å². The number of carbonyl (C=O) groups is 2. The van der Waals surface area contributed by atoms with Crippen molar-refractivity contribution in [3.63, 3.8) is 0 Å². The first-order valence-corrected chi connectivity index (χ1v) is 2.12. The van der Waals surface area contributed by atoms with Crippen LogP contribution in [-0.4, -0.2) is 11.6 Å². The largest absolute Gasteiger partial charge is 0.300 e. The molecule has 0 atom stereocenters. The maximum atomic E-state index is 10.0. The molecule has 0 aliphatic carbocycles. The molecule has 0 aromatic carbocycles. The Morgan fingerprint density at radius 3 is 1.38 bits per heavy atom. The zero-order valence-corrected chi connectivity index (χ0v) is 7.11. The predicted octanol–water partition coefficient (Wildman–Crippen LogP) is 0.552. The summed E-state index contributed by atoms with van der Waals surface area (Å²) in [5.41, 5.74) is 0. The van der Waals surface area contributed by atoms with Gasteiger partial charge in [-0.1, -0.05) is 0 Å². The monoisotopic (exact) mass is 295 g/mol. The van der Waals surface area contributed by atoms with Crippen LogP contribution < -0.4 is 0 Å². The van der Waals surface area contributed by atoms with Crippen molar-refractivity contribution in [2.45, 2.75) is 20.3 Å². The summed E-state index contributed by atoms with van der Waals surface area (Å²) in [5, 5.41) is 0. The van der Waals surface area contributed by atoms with E-state index in [1.165, 1.54) is 13.8 Å². The molecule has 0 aromatic heterocycles. The van der Waals surface area contributed by atoms with E-state index >= 15 is 0 Å². The maximum Gasteiger partial charge on any atom is 0.137 e. The minimum atomic E-state index is -0.0625. The van der Waals surface area contributed by atoms with Crippen molar-refractivity contribution in [3.8, 4) is 0 Å². The van der Waals surface area contributed by atoms with Crippen molar-refractivity contribution in [1.82, 2.24) is 0 Å². The van der Waals surface area contributed by atoms with Gasteiger partial charge in [0, 0.05) is 21.1 Å². The van der Waals surface area contributed by atoms with Crippen molar-refractivity contribution < 1.29 is 30.7 Å². The Hall–Kier alpha value is 0.0283. The van der Waals surface area contributed by atoms with Gasteiger partial charge in [-0.2, -0.15) is 0 Å². The van der Waals surface area contributed by atoms with Gasteiger partial charge in [0.25, 0.3) is 0 Å². The topological polar surface area (TPSA) is 34.1 Å². The number of ketones is 2. The molecular formula is C5H8O2Pt. The Labute approximate surface area is 62.9 Å². The number of hydrogen-bond donors (Lipinski definition) is 0. The SMILES string of the molecule is CC(=O)CC(C)=O.[Pt]. The quantitative estimate of drug-likeness (QED) is 0.697. The van der Waals surface area contributed by atoms with Crippen LogP contribution in [0.5, 0.6) is 0 Å². The zero-order chi connectivity index (χ0) is 5.86. The molecule has 0 amide bonds. The molecule has 0 N–H and O–H groups in total. The molecule has 0 spiro atoms. The third kappa shape index (κ3) is 9.39. The van der Waals surface area contributed by atoms with E-state index < -0.39 is 0 Å². The normalized spacial score (nSPS) is 7.25. The molecule has 0 aliphatic heterocycles. The van der Waals surface area contributed by atoms with Crippen molar-refractivity contribution in [2.75, 3.05) is 0 Å². The Balaban J connectivity index is 0. The van der Waals surface area contributed by atoms with Gasteiger partial charge in [0.15, 0.2) is 0 Å². The van der Waals surface area contributed by atoms with Gasteiger partial charge in [-0.15, -0.1) is 0 Å². The van der Waals surface area contributed by atoms with Crippen molar-refractivity contribution in [2.24, 2.45) is 0 Å². The Morgan fingerprint density at radius 1 is 1.12 bits per heavy atom. The summed E-state index contributed by atoms with van der Waals surface area (Å²) in [4.78, 5) is 20.1. The molecular weight excluding hydrogens is 287 g/mol. The number of carbonyl (C=O) groups excluding carboxylic acids is 2. The van der Waals surface area contributed by atoms with Gasteiger partial charge in [0.1, 0.15) is 11.6 Å². The molecule has 0 rings (SSSR count). The minimum absolute atomic E-state index is 0. The van der Waals surface area contributed by atoms with Crippen LogP contribution in [0, 0.1) is 0 Å². The molecule has 0 bridgehead atoms. The van der Waals surface area contributed by atoms with Gasteiger partial charge in [0.05, 0.1) is 6.42 Å². The second-order valence-electron chi connectivity index (χ2n) is 1.58. The second kappa shape index (κ2) is 5.17. The summed E-state index contributed by atoms with van der Waals surface area (Å²) in [6.07, 6.45) is 0.0833. The smallest absolute Gasteiger partial charge is 0.137 e. The fourth-order valence-corrected chi connectivity index (χ4v) is 0.351. The maximum absolute atomic E-state index is 10.0. The van der Waals surface area contributed by atoms with Crippen molar-refractivity contribution >= 4 is 11.6 Å². The first-order valence-electron chi connectivity index (χ1n) is 2.12. The van der Waals surface area contributed by atoms with E-state index in [1.54, 1.807) is 0 Å². The molecule has 50 valence electrons. The van der Waals surface area contributed by atoms with E-state index in [2.05, 4.69) is 0 Å². The Kier molecular flexibility index (Phi) is 7.05. The molecule has 0 aliphatic rings. The molecule has 2 nitrogen and oxygen atoms in total. The van der Waals surface area contributed by atoms with Gasteiger partial charge in [0.2, 0.25) is 0 Å². The third-order valence-electron chi connectivity index (χ3n) is 0.498. The molecule has 0 radical (unpaired) electrons. The first-order chi connectivity index (χ1) is 3.13. The standard InChI is InChI=1S/C5H8O2.Pt/c1-4(6)3-5(2)7;/h3H2,1-2H3;. The molecule has 3 heteroatoms. The fraction of sp³-hybridized carbons (Fsp3) is 0.600. The Bertz CT molecular complexity index is 86.6. The molecule has 0 aromatic rings. The van der Waals surface area contributed by atoms with E-state index in [1.807, 2.05) is 0 Å². The average Bonchev–Trinajstić information content (AvgIpc) is 1.27. The van der Waals surface area contributed by atoms with Gasteiger partial charge in [-0.3, -0.25) is 9.59 Å². The minimum Gasteiger partial charge on any atom is -0.300 e. The van der Waals surface area contributed by atoms with Gasteiger partial charge in [-0.05, 0) is 13.8 Å². The van der Waals surface area contributed by atoms with Crippen molar-refractivity contribution in [3.05, 3.63) is 0 Å². The third-order valence-corrected chi connectivity index (χ3v) is 0.498. The first kappa shape index (κ1) is 10.9. The average molecular weight is 295 g/mol. The van der Waals surface area contributed by atoms with Gasteiger partial charge in [-0.25, -0.2) is 0 Å². The summed E-state index contributed by atoms with van der Waals surface area (Å²) >= 11 is 0. The van der Waals surface area contributed by atoms with Gasteiger partial charge >= 0.3 is 0 Å². The van der Waals surface area contributed by atoms with E-state index in [0.717, 1.165) is 0 Å². The Morgan fingerprint density at radius 2 is 1.38 bits per heavy atom. The second-order valence-corrected chi connectivity index (χ2v) is 1.58. The summed E-state index contributed by atoms with van der Waals surface area (Å²) in [7, 11) is 0. The molecule has 0 fully saturated rings. The van der Waals surface area contributed by atoms with E-state index in [9.17, 15) is 9.59 Å². The van der Waals surface area contributed by atoms with E-state index in [0.29, 0.717) is 0 Å². The van der Waals surface area contributed by atoms with Crippen LogP contribution in [0.4, 0.5) is 0 Å². The van der Waals surface area contributed by atoms with Crippen LogP contribution in [0.3, 0.4) is 0 Å². The predicted molar refractivity (Wildman–Crippen MR) is 26.0 cm³/mol. The van der Waals surface area contributed by atoms with Crippen molar-refractivity contribution in [1.29, 1.82) is 0 Å². The fourth-order valence-electron chi connectivity index (χ4n) is 0.351. The summed E-state index contributed by atoms with van der Waals surface area (Å²) in [6, 6.07) is 0. The molecule has 0 saturated carbocycles. The van der Waals surface area contributed by atoms with Gasteiger partial charge < -0.3 is 0 Å². The van der Waals surface area contributed by atoms with Crippen LogP contribution in [0.1, 0.15) is 20.3 Å². The molecule has 8 heavy (non-hydrogen) atoms. The van der Waals surface area contributed by atoms with E-state index in [-0.39, 0.29) is 39.1 Å². The number of Topliss-reactive ketones (excluding diaryl/α,β-unsaturated/α-hetero) is 2.